The molecule has 5 nitrogen and oxygen atoms in total. The van der Waals surface area contributed by atoms with E-state index in [9.17, 15) is 9.59 Å². The summed E-state index contributed by atoms with van der Waals surface area (Å²) in [7, 11) is 0. The molecule has 0 aromatic heterocycles. The Labute approximate surface area is 144 Å². The van der Waals surface area contributed by atoms with Crippen LogP contribution >= 0.6 is 11.6 Å². The molecule has 0 bridgehead atoms. The normalized spacial score (nSPS) is 16.3. The van der Waals surface area contributed by atoms with Gasteiger partial charge in [0.15, 0.2) is 6.10 Å². The number of amides is 1. The molecular weight excluding hydrogens is 330 g/mol. The molecule has 2 aromatic rings. The molecule has 0 spiro atoms. The minimum absolute atomic E-state index is 0.162. The molecule has 1 atom stereocenters. The number of anilines is 1. The predicted octanol–water partition coefficient (Wildman–Crippen LogP) is 3.35. The second kappa shape index (κ2) is 6.93. The predicted molar refractivity (Wildman–Crippen MR) is 91.2 cm³/mol. The summed E-state index contributed by atoms with van der Waals surface area (Å²) in [6, 6.07) is 12.0. The Hall–Kier alpha value is -2.53. The van der Waals surface area contributed by atoms with Gasteiger partial charge in [-0.1, -0.05) is 11.6 Å². The second-order valence-corrected chi connectivity index (χ2v) is 5.83. The number of aldehydes is 1. The number of benzene rings is 2. The van der Waals surface area contributed by atoms with Gasteiger partial charge in [0.1, 0.15) is 24.4 Å². The third kappa shape index (κ3) is 3.36. The van der Waals surface area contributed by atoms with Crippen molar-refractivity contribution >= 4 is 29.5 Å². The molecule has 6 heteroatoms. The van der Waals surface area contributed by atoms with Crippen molar-refractivity contribution in [3.05, 3.63) is 53.1 Å². The maximum atomic E-state index is 12.4. The highest BCUT2D eigenvalue weighted by Gasteiger charge is 2.31. The number of hydrogen-bond donors (Lipinski definition) is 0. The Balaban J connectivity index is 1.75. The van der Waals surface area contributed by atoms with Crippen LogP contribution in [0.5, 0.6) is 11.5 Å². The standard InChI is InChI=1S/C18H16ClNO4/c1-12-18(22)20(8-9-23-15-5-3-14(19)4-6-15)16-10-13(11-21)2-7-17(16)24-12/h2-7,10-12H,8-9H2,1H3. The topological polar surface area (TPSA) is 55.8 Å². The first-order valence-electron chi connectivity index (χ1n) is 7.54. The van der Waals surface area contributed by atoms with Crippen molar-refractivity contribution in [2.75, 3.05) is 18.1 Å². The van der Waals surface area contributed by atoms with Crippen molar-refractivity contribution < 1.29 is 19.1 Å². The van der Waals surface area contributed by atoms with E-state index in [1.807, 2.05) is 0 Å². The molecule has 24 heavy (non-hydrogen) atoms. The summed E-state index contributed by atoms with van der Waals surface area (Å²) in [5.41, 5.74) is 1.07. The van der Waals surface area contributed by atoms with Crippen LogP contribution in [0.2, 0.25) is 5.02 Å². The van der Waals surface area contributed by atoms with Crippen molar-refractivity contribution in [1.29, 1.82) is 0 Å². The maximum Gasteiger partial charge on any atom is 0.267 e. The average molecular weight is 346 g/mol. The first kappa shape index (κ1) is 16.3. The molecule has 0 aliphatic carbocycles. The Bertz CT molecular complexity index is 760. The van der Waals surface area contributed by atoms with Gasteiger partial charge in [0.25, 0.3) is 5.91 Å². The van der Waals surface area contributed by atoms with Crippen LogP contribution in [-0.2, 0) is 4.79 Å². The number of carbonyl (C=O) groups excluding carboxylic acids is 2. The van der Waals surface area contributed by atoms with Crippen molar-refractivity contribution in [3.8, 4) is 11.5 Å². The summed E-state index contributed by atoms with van der Waals surface area (Å²) in [6.45, 7) is 2.36. The third-order valence-electron chi connectivity index (χ3n) is 3.72. The minimum Gasteiger partial charge on any atom is -0.492 e. The SMILES string of the molecule is CC1Oc2ccc(C=O)cc2N(CCOc2ccc(Cl)cc2)C1=O. The number of halogens is 1. The van der Waals surface area contributed by atoms with E-state index in [2.05, 4.69) is 0 Å². The van der Waals surface area contributed by atoms with E-state index in [1.165, 1.54) is 0 Å². The van der Waals surface area contributed by atoms with Gasteiger partial charge in [0, 0.05) is 10.6 Å². The zero-order valence-corrected chi connectivity index (χ0v) is 13.8. The lowest BCUT2D eigenvalue weighted by atomic mass is 10.1. The summed E-state index contributed by atoms with van der Waals surface area (Å²) >= 11 is 5.84. The van der Waals surface area contributed by atoms with Gasteiger partial charge >= 0.3 is 0 Å². The number of rotatable bonds is 5. The van der Waals surface area contributed by atoms with Crippen LogP contribution < -0.4 is 14.4 Å². The van der Waals surface area contributed by atoms with E-state index in [0.29, 0.717) is 40.9 Å². The highest BCUT2D eigenvalue weighted by molar-refractivity contribution is 6.30. The summed E-state index contributed by atoms with van der Waals surface area (Å²) in [5.74, 6) is 1.10. The van der Waals surface area contributed by atoms with Gasteiger partial charge in [0.2, 0.25) is 0 Å². The molecule has 0 saturated heterocycles. The van der Waals surface area contributed by atoms with E-state index in [0.717, 1.165) is 6.29 Å². The molecule has 3 rings (SSSR count). The van der Waals surface area contributed by atoms with Crippen LogP contribution in [0.4, 0.5) is 5.69 Å². The number of carbonyl (C=O) groups is 2. The smallest absolute Gasteiger partial charge is 0.267 e. The van der Waals surface area contributed by atoms with E-state index < -0.39 is 6.10 Å². The first-order valence-corrected chi connectivity index (χ1v) is 7.92. The average Bonchev–Trinajstić information content (AvgIpc) is 2.59. The summed E-state index contributed by atoms with van der Waals surface area (Å²) in [4.78, 5) is 25.0. The van der Waals surface area contributed by atoms with Crippen molar-refractivity contribution in [2.45, 2.75) is 13.0 Å². The molecule has 1 amide bonds. The van der Waals surface area contributed by atoms with Crippen molar-refractivity contribution in [1.82, 2.24) is 0 Å². The zero-order chi connectivity index (χ0) is 17.1. The monoisotopic (exact) mass is 345 g/mol. The van der Waals surface area contributed by atoms with Crippen LogP contribution in [0.15, 0.2) is 42.5 Å². The molecule has 2 aromatic carbocycles. The van der Waals surface area contributed by atoms with Crippen molar-refractivity contribution in [3.63, 3.8) is 0 Å². The van der Waals surface area contributed by atoms with Crippen molar-refractivity contribution in [2.24, 2.45) is 0 Å². The van der Waals surface area contributed by atoms with Gasteiger partial charge in [-0.2, -0.15) is 0 Å². The molecule has 124 valence electrons. The molecule has 0 radical (unpaired) electrons. The molecule has 1 heterocycles. The second-order valence-electron chi connectivity index (χ2n) is 5.40. The fourth-order valence-electron chi connectivity index (χ4n) is 2.51. The van der Waals surface area contributed by atoms with E-state index in [-0.39, 0.29) is 5.91 Å². The Morgan fingerprint density at radius 2 is 2.00 bits per heavy atom. The number of hydrogen-bond acceptors (Lipinski definition) is 4. The summed E-state index contributed by atoms with van der Waals surface area (Å²) in [5, 5.41) is 0.634. The number of fused-ring (bicyclic) bond motifs is 1. The highest BCUT2D eigenvalue weighted by atomic mass is 35.5. The summed E-state index contributed by atoms with van der Waals surface area (Å²) < 4.78 is 11.2. The Morgan fingerprint density at radius 1 is 1.25 bits per heavy atom. The lowest BCUT2D eigenvalue weighted by Gasteiger charge is -2.33. The molecule has 0 fully saturated rings. The Kier molecular flexibility index (Phi) is 4.71. The van der Waals surface area contributed by atoms with Gasteiger partial charge in [-0.05, 0) is 49.4 Å². The van der Waals surface area contributed by atoms with Gasteiger partial charge in [-0.3, -0.25) is 9.59 Å². The van der Waals surface area contributed by atoms with Crippen LogP contribution in [0, 0.1) is 0 Å². The van der Waals surface area contributed by atoms with Crippen LogP contribution in [0.3, 0.4) is 0 Å². The van der Waals surface area contributed by atoms with Gasteiger partial charge in [-0.25, -0.2) is 0 Å². The largest absolute Gasteiger partial charge is 0.492 e. The number of ether oxygens (including phenoxy) is 2. The highest BCUT2D eigenvalue weighted by Crippen LogP contribution is 2.34. The quantitative estimate of drug-likeness (QED) is 0.780. The van der Waals surface area contributed by atoms with Crippen LogP contribution in [0.1, 0.15) is 17.3 Å². The molecule has 1 aliphatic rings. The van der Waals surface area contributed by atoms with E-state index >= 15 is 0 Å². The van der Waals surface area contributed by atoms with Gasteiger partial charge < -0.3 is 14.4 Å². The lowest BCUT2D eigenvalue weighted by molar-refractivity contribution is -0.125. The van der Waals surface area contributed by atoms with Gasteiger partial charge in [-0.15, -0.1) is 0 Å². The zero-order valence-electron chi connectivity index (χ0n) is 13.1. The van der Waals surface area contributed by atoms with Crippen LogP contribution in [-0.4, -0.2) is 31.4 Å². The van der Waals surface area contributed by atoms with Gasteiger partial charge in [0.05, 0.1) is 12.2 Å². The lowest BCUT2D eigenvalue weighted by Crippen LogP contribution is -2.46. The molecular formula is C18H16ClNO4. The molecule has 1 aliphatic heterocycles. The molecule has 0 saturated carbocycles. The third-order valence-corrected chi connectivity index (χ3v) is 3.98. The van der Waals surface area contributed by atoms with Crippen LogP contribution in [0.25, 0.3) is 0 Å². The number of nitrogens with zero attached hydrogens (tertiary/aromatic N) is 1. The first-order chi connectivity index (χ1) is 11.6. The minimum atomic E-state index is -0.574. The molecule has 1 unspecified atom stereocenters. The summed E-state index contributed by atoms with van der Waals surface area (Å²) in [6.07, 6.45) is 0.167. The fraction of sp³-hybridized carbons (Fsp3) is 0.222. The van der Waals surface area contributed by atoms with E-state index in [1.54, 1.807) is 54.3 Å². The fourth-order valence-corrected chi connectivity index (χ4v) is 2.64. The maximum absolute atomic E-state index is 12.4. The van der Waals surface area contributed by atoms with E-state index in [4.69, 9.17) is 21.1 Å². The molecule has 0 N–H and O–H groups in total. The Morgan fingerprint density at radius 3 is 2.71 bits per heavy atom.